The van der Waals surface area contributed by atoms with Gasteiger partial charge in [0.25, 0.3) is 0 Å². The van der Waals surface area contributed by atoms with E-state index in [0.717, 1.165) is 5.56 Å². The molecule has 0 saturated carbocycles. The van der Waals surface area contributed by atoms with Crippen LogP contribution < -0.4 is 20.2 Å². The van der Waals surface area contributed by atoms with Gasteiger partial charge >= 0.3 is 0 Å². The second kappa shape index (κ2) is 10.1. The summed E-state index contributed by atoms with van der Waals surface area (Å²) in [6.45, 7) is 4.24. The predicted octanol–water partition coefficient (Wildman–Crippen LogP) is 3.40. The second-order valence-electron chi connectivity index (χ2n) is 5.16. The molecule has 2 rings (SSSR count). The molecule has 0 unspecified atom stereocenters. The summed E-state index contributed by atoms with van der Waals surface area (Å²) in [4.78, 5) is 0. The molecule has 0 heterocycles. The molecule has 136 valence electrons. The minimum atomic E-state index is -0.311. The minimum Gasteiger partial charge on any atom is -0.493 e. The van der Waals surface area contributed by atoms with Crippen molar-refractivity contribution in [2.45, 2.75) is 6.61 Å². The first-order valence-corrected chi connectivity index (χ1v) is 8.27. The van der Waals surface area contributed by atoms with Crippen LogP contribution in [0.25, 0.3) is 0 Å². The third-order valence-corrected chi connectivity index (χ3v) is 3.55. The smallest absolute Gasteiger partial charge is 0.187 e. The van der Waals surface area contributed by atoms with Crippen molar-refractivity contribution in [2.75, 3.05) is 13.7 Å². The largest absolute Gasteiger partial charge is 0.493 e. The number of thiocarbonyl (C=S) groups is 1. The van der Waals surface area contributed by atoms with Crippen molar-refractivity contribution < 1.29 is 13.9 Å². The van der Waals surface area contributed by atoms with Crippen LogP contribution in [0.1, 0.15) is 11.1 Å². The van der Waals surface area contributed by atoms with Gasteiger partial charge in [0.2, 0.25) is 0 Å². The molecule has 0 aliphatic rings. The summed E-state index contributed by atoms with van der Waals surface area (Å²) in [5.41, 5.74) is 3.94. The fraction of sp³-hybridized carbons (Fsp3) is 0.158. The maximum absolute atomic E-state index is 13.7. The van der Waals surface area contributed by atoms with Crippen LogP contribution >= 0.6 is 12.2 Å². The Labute approximate surface area is 157 Å². The molecule has 2 aromatic carbocycles. The number of nitrogens with zero attached hydrogens (tertiary/aromatic N) is 1. The summed E-state index contributed by atoms with van der Waals surface area (Å²) in [5, 5.41) is 7.35. The summed E-state index contributed by atoms with van der Waals surface area (Å²) in [6, 6.07) is 11.8. The highest BCUT2D eigenvalue weighted by Gasteiger charge is 2.07. The molecule has 0 aliphatic carbocycles. The molecule has 7 heteroatoms. The van der Waals surface area contributed by atoms with E-state index >= 15 is 0 Å². The Hall–Kier alpha value is -2.93. The van der Waals surface area contributed by atoms with Crippen LogP contribution in [0.3, 0.4) is 0 Å². The Morgan fingerprint density at radius 1 is 1.27 bits per heavy atom. The molecule has 0 fully saturated rings. The molecule has 0 atom stereocenters. The van der Waals surface area contributed by atoms with Gasteiger partial charge in [0.05, 0.1) is 13.3 Å². The zero-order valence-electron chi connectivity index (χ0n) is 14.4. The first-order valence-electron chi connectivity index (χ1n) is 7.86. The molecule has 2 aromatic rings. The van der Waals surface area contributed by atoms with Gasteiger partial charge in [-0.25, -0.2) is 4.39 Å². The van der Waals surface area contributed by atoms with E-state index in [1.807, 2.05) is 6.07 Å². The number of methoxy groups -OCH3 is 1. The quantitative estimate of drug-likeness (QED) is 0.321. The molecule has 0 saturated heterocycles. The maximum atomic E-state index is 13.7. The molecule has 26 heavy (non-hydrogen) atoms. The number of hydrogen-bond donors (Lipinski definition) is 2. The van der Waals surface area contributed by atoms with E-state index in [9.17, 15) is 4.39 Å². The van der Waals surface area contributed by atoms with Crippen molar-refractivity contribution in [3.05, 3.63) is 72.1 Å². The lowest BCUT2D eigenvalue weighted by Crippen LogP contribution is -2.31. The number of ether oxygens (including phenoxy) is 2. The van der Waals surface area contributed by atoms with Crippen molar-refractivity contribution in [1.29, 1.82) is 0 Å². The molecule has 5 nitrogen and oxygen atoms in total. The molecule has 0 spiro atoms. The van der Waals surface area contributed by atoms with Crippen LogP contribution in [0.4, 0.5) is 4.39 Å². The average Bonchev–Trinajstić information content (AvgIpc) is 2.66. The molecule has 0 aliphatic heterocycles. The number of rotatable bonds is 8. The summed E-state index contributed by atoms with van der Waals surface area (Å²) < 4.78 is 24.7. The van der Waals surface area contributed by atoms with Gasteiger partial charge in [-0.2, -0.15) is 5.10 Å². The third-order valence-electron chi connectivity index (χ3n) is 3.32. The number of halogens is 1. The second-order valence-corrected chi connectivity index (χ2v) is 5.57. The van der Waals surface area contributed by atoms with E-state index in [1.54, 1.807) is 49.7 Å². The fourth-order valence-electron chi connectivity index (χ4n) is 2.03. The normalized spacial score (nSPS) is 10.4. The Morgan fingerprint density at radius 3 is 2.81 bits per heavy atom. The van der Waals surface area contributed by atoms with Crippen LogP contribution in [0.5, 0.6) is 11.5 Å². The molecular weight excluding hydrogens is 353 g/mol. The Kier molecular flexibility index (Phi) is 7.57. The van der Waals surface area contributed by atoms with Crippen molar-refractivity contribution in [3.63, 3.8) is 0 Å². The van der Waals surface area contributed by atoms with Gasteiger partial charge in [0, 0.05) is 12.1 Å². The molecule has 0 bridgehead atoms. The summed E-state index contributed by atoms with van der Waals surface area (Å²) in [5.74, 6) is 0.732. The van der Waals surface area contributed by atoms with Crippen molar-refractivity contribution >= 4 is 23.5 Å². The molecule has 2 N–H and O–H groups in total. The van der Waals surface area contributed by atoms with E-state index in [4.69, 9.17) is 21.7 Å². The average molecular weight is 373 g/mol. The van der Waals surface area contributed by atoms with E-state index in [0.29, 0.717) is 28.7 Å². The highest BCUT2D eigenvalue weighted by Crippen LogP contribution is 2.28. The van der Waals surface area contributed by atoms with Crippen LogP contribution in [0.15, 0.2) is 60.2 Å². The van der Waals surface area contributed by atoms with Gasteiger partial charge in [0.15, 0.2) is 16.6 Å². The summed E-state index contributed by atoms with van der Waals surface area (Å²) >= 11 is 5.04. The van der Waals surface area contributed by atoms with E-state index in [-0.39, 0.29) is 12.4 Å². The number of hydrazone groups is 1. The van der Waals surface area contributed by atoms with Gasteiger partial charge in [-0.15, -0.1) is 6.58 Å². The SMILES string of the molecule is C=CCNC(=S)N/N=C/c1ccc(OC)c(OCc2ccccc2F)c1. The van der Waals surface area contributed by atoms with Gasteiger partial charge in [0.1, 0.15) is 12.4 Å². The Morgan fingerprint density at radius 2 is 2.08 bits per heavy atom. The highest BCUT2D eigenvalue weighted by molar-refractivity contribution is 7.80. The third kappa shape index (κ3) is 5.86. The topological polar surface area (TPSA) is 54.9 Å². The van der Waals surface area contributed by atoms with E-state index < -0.39 is 0 Å². The van der Waals surface area contributed by atoms with Crippen molar-refractivity contribution in [3.8, 4) is 11.5 Å². The lowest BCUT2D eigenvalue weighted by Gasteiger charge is -2.12. The standard InChI is InChI=1S/C19H20FN3O2S/c1-3-10-21-19(26)23-22-12-14-8-9-17(24-2)18(11-14)25-13-15-6-4-5-7-16(15)20/h3-9,11-12H,1,10,13H2,2H3,(H2,21,23,26)/b22-12+. The van der Waals surface area contributed by atoms with Gasteiger partial charge < -0.3 is 14.8 Å². The summed E-state index contributed by atoms with van der Waals surface area (Å²) in [7, 11) is 1.55. The van der Waals surface area contributed by atoms with Crippen LogP contribution in [-0.2, 0) is 6.61 Å². The van der Waals surface area contributed by atoms with Crippen LogP contribution in [-0.4, -0.2) is 25.0 Å². The number of hydrogen-bond acceptors (Lipinski definition) is 4. The fourth-order valence-corrected chi connectivity index (χ4v) is 2.16. The highest BCUT2D eigenvalue weighted by atomic mass is 32.1. The monoisotopic (exact) mass is 373 g/mol. The van der Waals surface area contributed by atoms with Crippen molar-refractivity contribution in [1.82, 2.24) is 10.7 Å². The zero-order valence-corrected chi connectivity index (χ0v) is 15.2. The maximum Gasteiger partial charge on any atom is 0.187 e. The number of benzene rings is 2. The lowest BCUT2D eigenvalue weighted by atomic mass is 10.2. The molecule has 0 amide bonds. The first-order chi connectivity index (χ1) is 12.6. The van der Waals surface area contributed by atoms with Crippen molar-refractivity contribution in [2.24, 2.45) is 5.10 Å². The first kappa shape index (κ1) is 19.4. The summed E-state index contributed by atoms with van der Waals surface area (Å²) in [6.07, 6.45) is 3.29. The molecule has 0 aromatic heterocycles. The Balaban J connectivity index is 2.04. The lowest BCUT2D eigenvalue weighted by molar-refractivity contribution is 0.279. The zero-order chi connectivity index (χ0) is 18.8. The van der Waals surface area contributed by atoms with Gasteiger partial charge in [-0.05, 0) is 42.0 Å². The molecule has 0 radical (unpaired) electrons. The Bertz CT molecular complexity index is 796. The van der Waals surface area contributed by atoms with Crippen LogP contribution in [0.2, 0.25) is 0 Å². The minimum absolute atomic E-state index is 0.0947. The van der Waals surface area contributed by atoms with Gasteiger partial charge in [-0.1, -0.05) is 24.3 Å². The predicted molar refractivity (Wildman–Crippen MR) is 105 cm³/mol. The molecular formula is C19H20FN3O2S. The van der Waals surface area contributed by atoms with Gasteiger partial charge in [-0.3, -0.25) is 5.43 Å². The number of nitrogens with one attached hydrogen (secondary N) is 2. The van der Waals surface area contributed by atoms with E-state index in [1.165, 1.54) is 6.07 Å². The van der Waals surface area contributed by atoms with E-state index in [2.05, 4.69) is 22.4 Å². The van der Waals surface area contributed by atoms with Crippen LogP contribution in [0, 0.1) is 5.82 Å².